The molecule has 0 atom stereocenters. The molecule has 1 aromatic heterocycles. The van der Waals surface area contributed by atoms with E-state index in [1.165, 1.54) is 7.11 Å². The van der Waals surface area contributed by atoms with Gasteiger partial charge in [-0.3, -0.25) is 0 Å². The van der Waals surface area contributed by atoms with Crippen molar-refractivity contribution in [2.24, 2.45) is 0 Å². The van der Waals surface area contributed by atoms with E-state index in [4.69, 9.17) is 16.3 Å². The summed E-state index contributed by atoms with van der Waals surface area (Å²) in [7, 11) is 1.35. The molecule has 0 unspecified atom stereocenters. The first-order valence-electron chi connectivity index (χ1n) is 8.33. The van der Waals surface area contributed by atoms with Gasteiger partial charge in [0, 0.05) is 23.3 Å². The van der Waals surface area contributed by atoms with Gasteiger partial charge in [0.2, 0.25) is 0 Å². The first kappa shape index (κ1) is 18.7. The Kier molecular flexibility index (Phi) is 5.88. The summed E-state index contributed by atoms with van der Waals surface area (Å²) in [5.74, 6) is 1.52. The van der Waals surface area contributed by atoms with Crippen molar-refractivity contribution < 1.29 is 9.53 Å². The first-order valence-corrected chi connectivity index (χ1v) is 8.71. The normalized spacial score (nSPS) is 10.3. The van der Waals surface area contributed by atoms with Crippen LogP contribution in [0.3, 0.4) is 0 Å². The Morgan fingerprint density at radius 2 is 1.85 bits per heavy atom. The molecule has 0 saturated carbocycles. The van der Waals surface area contributed by atoms with Gasteiger partial charge in [-0.25, -0.2) is 14.8 Å². The molecule has 2 aromatic carbocycles. The number of aryl methyl sites for hydroxylation is 1. The number of carbonyl (C=O) groups is 1. The highest BCUT2D eigenvalue weighted by molar-refractivity contribution is 6.31. The maximum atomic E-state index is 11.7. The highest BCUT2D eigenvalue weighted by atomic mass is 35.5. The summed E-state index contributed by atoms with van der Waals surface area (Å²) in [6.07, 6.45) is 0. The van der Waals surface area contributed by atoms with Gasteiger partial charge in [0.25, 0.3) is 0 Å². The second-order valence-electron chi connectivity index (χ2n) is 5.83. The number of benzene rings is 2. The summed E-state index contributed by atoms with van der Waals surface area (Å²) in [6.45, 7) is 2.37. The van der Waals surface area contributed by atoms with E-state index >= 15 is 0 Å². The molecule has 27 heavy (non-hydrogen) atoms. The number of halogens is 1. The first-order chi connectivity index (χ1) is 13.0. The van der Waals surface area contributed by atoms with Crippen molar-refractivity contribution in [2.75, 3.05) is 17.7 Å². The fourth-order valence-electron chi connectivity index (χ4n) is 2.54. The van der Waals surface area contributed by atoms with Crippen molar-refractivity contribution >= 4 is 34.9 Å². The summed E-state index contributed by atoms with van der Waals surface area (Å²) >= 11 is 6.19. The van der Waals surface area contributed by atoms with Gasteiger partial charge in [-0.05, 0) is 36.8 Å². The Morgan fingerprint density at radius 1 is 1.07 bits per heavy atom. The van der Waals surface area contributed by atoms with Crippen molar-refractivity contribution in [3.8, 4) is 0 Å². The second kappa shape index (κ2) is 8.51. The molecule has 0 radical (unpaired) electrons. The smallest absolute Gasteiger partial charge is 0.337 e. The van der Waals surface area contributed by atoms with E-state index in [0.29, 0.717) is 34.6 Å². The van der Waals surface area contributed by atoms with E-state index in [1.807, 2.05) is 37.3 Å². The van der Waals surface area contributed by atoms with Crippen molar-refractivity contribution in [2.45, 2.75) is 13.5 Å². The molecule has 0 bridgehead atoms. The number of carbonyl (C=O) groups excluding carboxylic acids is 1. The topological polar surface area (TPSA) is 76.1 Å². The van der Waals surface area contributed by atoms with E-state index in [1.54, 1.807) is 24.3 Å². The minimum atomic E-state index is -0.389. The van der Waals surface area contributed by atoms with Crippen LogP contribution in [-0.4, -0.2) is 23.0 Å². The second-order valence-corrected chi connectivity index (χ2v) is 6.24. The number of ether oxygens (including phenoxy) is 1. The van der Waals surface area contributed by atoms with Crippen molar-refractivity contribution in [3.63, 3.8) is 0 Å². The average Bonchev–Trinajstić information content (AvgIpc) is 2.66. The van der Waals surface area contributed by atoms with E-state index in [0.717, 1.165) is 11.3 Å². The number of hydrogen-bond donors (Lipinski definition) is 2. The van der Waals surface area contributed by atoms with Crippen LogP contribution in [0.5, 0.6) is 0 Å². The van der Waals surface area contributed by atoms with Crippen molar-refractivity contribution in [1.82, 2.24) is 9.97 Å². The van der Waals surface area contributed by atoms with Gasteiger partial charge in [-0.2, -0.15) is 0 Å². The summed E-state index contributed by atoms with van der Waals surface area (Å²) in [4.78, 5) is 20.5. The number of nitrogens with one attached hydrogen (secondary N) is 2. The Bertz CT molecular complexity index is 962. The van der Waals surface area contributed by atoms with E-state index in [-0.39, 0.29) is 5.97 Å². The third kappa shape index (κ3) is 4.95. The van der Waals surface area contributed by atoms with Crippen LogP contribution in [0.25, 0.3) is 0 Å². The van der Waals surface area contributed by atoms with Crippen LogP contribution in [0.2, 0.25) is 5.02 Å². The Hall–Kier alpha value is -3.12. The minimum absolute atomic E-state index is 0.389. The van der Waals surface area contributed by atoms with Crippen LogP contribution in [0, 0.1) is 6.92 Å². The number of aromatic nitrogens is 2. The zero-order valence-electron chi connectivity index (χ0n) is 15.0. The largest absolute Gasteiger partial charge is 0.465 e. The Labute approximate surface area is 162 Å². The van der Waals surface area contributed by atoms with Gasteiger partial charge in [0.1, 0.15) is 17.5 Å². The lowest BCUT2D eigenvalue weighted by Gasteiger charge is -2.11. The molecule has 0 fully saturated rings. The molecule has 0 saturated heterocycles. The van der Waals surface area contributed by atoms with Crippen LogP contribution in [0.15, 0.2) is 54.6 Å². The SMILES string of the molecule is COC(=O)c1cccc(Nc2cc(NCc3ccccc3Cl)nc(C)n2)c1. The number of rotatable bonds is 6. The monoisotopic (exact) mass is 382 g/mol. The molecule has 6 nitrogen and oxygen atoms in total. The third-order valence-electron chi connectivity index (χ3n) is 3.81. The number of hydrogen-bond acceptors (Lipinski definition) is 6. The van der Waals surface area contributed by atoms with Crippen LogP contribution < -0.4 is 10.6 Å². The molecule has 138 valence electrons. The number of nitrogens with zero attached hydrogens (tertiary/aromatic N) is 2. The minimum Gasteiger partial charge on any atom is -0.465 e. The van der Waals surface area contributed by atoms with Crippen molar-refractivity contribution in [3.05, 3.63) is 76.6 Å². The lowest BCUT2D eigenvalue weighted by molar-refractivity contribution is 0.0601. The van der Waals surface area contributed by atoms with E-state index in [9.17, 15) is 4.79 Å². The van der Waals surface area contributed by atoms with Crippen molar-refractivity contribution in [1.29, 1.82) is 0 Å². The molecule has 0 aliphatic rings. The Morgan fingerprint density at radius 3 is 2.63 bits per heavy atom. The molecule has 1 heterocycles. The molecular weight excluding hydrogens is 364 g/mol. The van der Waals surface area contributed by atoms with Gasteiger partial charge in [-0.1, -0.05) is 35.9 Å². The van der Waals surface area contributed by atoms with Crippen LogP contribution in [0.4, 0.5) is 17.3 Å². The molecule has 2 N–H and O–H groups in total. The fraction of sp³-hybridized carbons (Fsp3) is 0.150. The van der Waals surface area contributed by atoms with Gasteiger partial charge >= 0.3 is 5.97 Å². The molecule has 7 heteroatoms. The summed E-state index contributed by atoms with van der Waals surface area (Å²) in [5, 5.41) is 7.15. The number of methoxy groups -OCH3 is 1. The molecule has 0 aliphatic carbocycles. The predicted octanol–water partition coefficient (Wildman–Crippen LogP) is 4.58. The number of esters is 1. The highest BCUT2D eigenvalue weighted by Gasteiger charge is 2.08. The molecule has 0 spiro atoms. The summed E-state index contributed by atoms with van der Waals surface area (Å²) in [6, 6.07) is 16.5. The maximum Gasteiger partial charge on any atom is 0.337 e. The standard InChI is InChI=1S/C20H19ClN4O2/c1-13-23-18(22-12-15-6-3-4-9-17(15)21)11-19(24-13)25-16-8-5-7-14(10-16)20(26)27-2/h3-11H,12H2,1-2H3,(H2,22,23,24,25). The number of anilines is 3. The van der Waals surface area contributed by atoms with Crippen LogP contribution >= 0.6 is 11.6 Å². The lowest BCUT2D eigenvalue weighted by Crippen LogP contribution is -2.06. The van der Waals surface area contributed by atoms with Gasteiger partial charge in [0.15, 0.2) is 0 Å². The molecule has 3 rings (SSSR count). The molecule has 0 aliphatic heterocycles. The van der Waals surface area contributed by atoms with Gasteiger partial charge < -0.3 is 15.4 Å². The van der Waals surface area contributed by atoms with Gasteiger partial charge in [0.05, 0.1) is 12.7 Å². The van der Waals surface area contributed by atoms with E-state index < -0.39 is 0 Å². The third-order valence-corrected chi connectivity index (χ3v) is 4.18. The van der Waals surface area contributed by atoms with Crippen LogP contribution in [-0.2, 0) is 11.3 Å². The average molecular weight is 383 g/mol. The molecule has 0 amide bonds. The quantitative estimate of drug-likeness (QED) is 0.608. The predicted molar refractivity (Wildman–Crippen MR) is 107 cm³/mol. The zero-order chi connectivity index (χ0) is 19.2. The van der Waals surface area contributed by atoms with Gasteiger partial charge in [-0.15, -0.1) is 0 Å². The lowest BCUT2D eigenvalue weighted by atomic mass is 10.2. The maximum absolute atomic E-state index is 11.7. The molecular formula is C20H19ClN4O2. The molecule has 3 aromatic rings. The fourth-order valence-corrected chi connectivity index (χ4v) is 2.74. The van der Waals surface area contributed by atoms with E-state index in [2.05, 4.69) is 20.6 Å². The summed E-state index contributed by atoms with van der Waals surface area (Å²) in [5.41, 5.74) is 2.18. The highest BCUT2D eigenvalue weighted by Crippen LogP contribution is 2.20. The Balaban J connectivity index is 1.75. The summed E-state index contributed by atoms with van der Waals surface area (Å²) < 4.78 is 4.75. The zero-order valence-corrected chi connectivity index (χ0v) is 15.7. The van der Waals surface area contributed by atoms with Crippen LogP contribution in [0.1, 0.15) is 21.7 Å².